The lowest BCUT2D eigenvalue weighted by atomic mass is 10.1. The van der Waals surface area contributed by atoms with E-state index in [1.165, 1.54) is 11.1 Å². The van der Waals surface area contributed by atoms with E-state index < -0.39 is 0 Å². The summed E-state index contributed by atoms with van der Waals surface area (Å²) < 4.78 is 0. The molecule has 19 heavy (non-hydrogen) atoms. The summed E-state index contributed by atoms with van der Waals surface area (Å²) in [6.45, 7) is 4.77. The smallest absolute Gasteiger partial charge is 0.171 e. The van der Waals surface area contributed by atoms with Gasteiger partial charge in [0.05, 0.1) is 12.2 Å². The third-order valence-electron chi connectivity index (χ3n) is 2.79. The zero-order valence-corrected chi connectivity index (χ0v) is 11.9. The van der Waals surface area contributed by atoms with Crippen LogP contribution in [0.15, 0.2) is 42.6 Å². The topological polar surface area (TPSA) is 37.0 Å². The first kappa shape index (κ1) is 13.5. The van der Waals surface area contributed by atoms with Crippen molar-refractivity contribution < 1.29 is 0 Å². The van der Waals surface area contributed by atoms with Gasteiger partial charge in [-0.15, -0.1) is 0 Å². The maximum atomic E-state index is 5.28. The number of aryl methyl sites for hydroxylation is 2. The van der Waals surface area contributed by atoms with Crippen LogP contribution in [0.5, 0.6) is 0 Å². The molecular weight excluding hydrogens is 254 g/mol. The van der Waals surface area contributed by atoms with Crippen molar-refractivity contribution >= 4 is 23.0 Å². The second-order valence-electron chi connectivity index (χ2n) is 4.45. The Bertz CT molecular complexity index is 567. The summed E-state index contributed by atoms with van der Waals surface area (Å²) in [6.07, 6.45) is 1.78. The van der Waals surface area contributed by atoms with Gasteiger partial charge < -0.3 is 10.6 Å². The van der Waals surface area contributed by atoms with Gasteiger partial charge in [-0.25, -0.2) is 0 Å². The van der Waals surface area contributed by atoms with E-state index in [2.05, 4.69) is 41.6 Å². The molecule has 0 aliphatic carbocycles. The zero-order valence-electron chi connectivity index (χ0n) is 11.1. The molecule has 0 atom stereocenters. The molecule has 4 heteroatoms. The van der Waals surface area contributed by atoms with Crippen molar-refractivity contribution in [3.05, 3.63) is 59.4 Å². The summed E-state index contributed by atoms with van der Waals surface area (Å²) in [4.78, 5) is 4.24. The lowest BCUT2D eigenvalue weighted by Gasteiger charge is -2.12. The van der Waals surface area contributed by atoms with Crippen molar-refractivity contribution in [3.8, 4) is 0 Å². The number of hydrogen-bond acceptors (Lipinski definition) is 2. The van der Waals surface area contributed by atoms with Crippen LogP contribution in [0.4, 0.5) is 5.69 Å². The quantitative estimate of drug-likeness (QED) is 0.841. The molecule has 0 aliphatic heterocycles. The Hall–Kier alpha value is -1.94. The van der Waals surface area contributed by atoms with E-state index in [9.17, 15) is 0 Å². The van der Waals surface area contributed by atoms with E-state index in [4.69, 9.17) is 12.2 Å². The van der Waals surface area contributed by atoms with Gasteiger partial charge in [0.15, 0.2) is 5.11 Å². The third-order valence-corrected chi connectivity index (χ3v) is 3.03. The molecule has 0 fully saturated rings. The summed E-state index contributed by atoms with van der Waals surface area (Å²) in [5, 5.41) is 6.96. The Balaban J connectivity index is 1.91. The Morgan fingerprint density at radius 2 is 2.05 bits per heavy atom. The van der Waals surface area contributed by atoms with Crippen molar-refractivity contribution in [2.24, 2.45) is 0 Å². The molecule has 0 saturated carbocycles. The Morgan fingerprint density at radius 1 is 1.21 bits per heavy atom. The molecule has 1 heterocycles. The minimum Gasteiger partial charge on any atom is -0.357 e. The van der Waals surface area contributed by atoms with E-state index in [0.29, 0.717) is 11.7 Å². The van der Waals surface area contributed by atoms with Crippen LogP contribution in [0, 0.1) is 13.8 Å². The number of rotatable bonds is 3. The van der Waals surface area contributed by atoms with E-state index in [-0.39, 0.29) is 0 Å². The molecule has 1 aromatic carbocycles. The Morgan fingerprint density at radius 3 is 2.74 bits per heavy atom. The number of hydrogen-bond donors (Lipinski definition) is 2. The molecule has 0 radical (unpaired) electrons. The second-order valence-corrected chi connectivity index (χ2v) is 4.86. The molecule has 2 rings (SSSR count). The van der Waals surface area contributed by atoms with Crippen molar-refractivity contribution in [2.45, 2.75) is 20.4 Å². The van der Waals surface area contributed by atoms with Crippen LogP contribution in [0.25, 0.3) is 0 Å². The normalized spacial score (nSPS) is 10.0. The van der Waals surface area contributed by atoms with Crippen LogP contribution in [0.1, 0.15) is 16.8 Å². The van der Waals surface area contributed by atoms with Crippen LogP contribution >= 0.6 is 12.2 Å². The van der Waals surface area contributed by atoms with Crippen molar-refractivity contribution in [1.82, 2.24) is 10.3 Å². The molecule has 98 valence electrons. The third kappa shape index (κ3) is 4.03. The highest BCUT2D eigenvalue weighted by molar-refractivity contribution is 7.80. The molecular formula is C15H17N3S. The summed E-state index contributed by atoms with van der Waals surface area (Å²) in [7, 11) is 0. The van der Waals surface area contributed by atoms with E-state index in [1.54, 1.807) is 6.20 Å². The highest BCUT2D eigenvalue weighted by atomic mass is 32.1. The van der Waals surface area contributed by atoms with Crippen molar-refractivity contribution in [1.29, 1.82) is 0 Å². The number of nitrogens with one attached hydrogen (secondary N) is 2. The first-order chi connectivity index (χ1) is 9.15. The van der Waals surface area contributed by atoms with Crippen LogP contribution in [0.2, 0.25) is 0 Å². The number of nitrogens with zero attached hydrogens (tertiary/aromatic N) is 1. The van der Waals surface area contributed by atoms with Crippen LogP contribution in [0.3, 0.4) is 0 Å². The fourth-order valence-electron chi connectivity index (χ4n) is 1.79. The van der Waals surface area contributed by atoms with Gasteiger partial charge in [-0.1, -0.05) is 23.8 Å². The lowest BCUT2D eigenvalue weighted by molar-refractivity contribution is 0.882. The minimum atomic E-state index is 0.609. The zero-order chi connectivity index (χ0) is 13.7. The Kier molecular flexibility index (Phi) is 4.47. The summed E-state index contributed by atoms with van der Waals surface area (Å²) >= 11 is 5.28. The lowest BCUT2D eigenvalue weighted by Crippen LogP contribution is -2.28. The van der Waals surface area contributed by atoms with Crippen LogP contribution < -0.4 is 10.6 Å². The summed E-state index contributed by atoms with van der Waals surface area (Å²) in [5.41, 5.74) is 4.42. The van der Waals surface area contributed by atoms with Crippen molar-refractivity contribution in [2.75, 3.05) is 5.32 Å². The first-order valence-electron chi connectivity index (χ1n) is 6.17. The monoisotopic (exact) mass is 271 g/mol. The van der Waals surface area contributed by atoms with Crippen molar-refractivity contribution in [3.63, 3.8) is 0 Å². The predicted octanol–water partition coefficient (Wildman–Crippen LogP) is 3.19. The fraction of sp³-hybridized carbons (Fsp3) is 0.200. The molecule has 1 aromatic heterocycles. The highest BCUT2D eigenvalue weighted by Gasteiger charge is 2.01. The van der Waals surface area contributed by atoms with E-state index in [1.807, 2.05) is 24.3 Å². The van der Waals surface area contributed by atoms with E-state index in [0.717, 1.165) is 11.4 Å². The molecule has 0 amide bonds. The van der Waals surface area contributed by atoms with Gasteiger partial charge in [-0.05, 0) is 49.8 Å². The first-order valence-corrected chi connectivity index (χ1v) is 6.58. The van der Waals surface area contributed by atoms with E-state index >= 15 is 0 Å². The number of thiocarbonyl (C=S) groups is 1. The number of anilines is 1. The number of benzene rings is 1. The molecule has 2 aromatic rings. The predicted molar refractivity (Wildman–Crippen MR) is 83.2 cm³/mol. The molecule has 3 nitrogen and oxygen atoms in total. The maximum absolute atomic E-state index is 5.28. The molecule has 0 bridgehead atoms. The van der Waals surface area contributed by atoms with Crippen LogP contribution in [-0.4, -0.2) is 10.1 Å². The average molecular weight is 271 g/mol. The average Bonchev–Trinajstić information content (AvgIpc) is 2.41. The molecule has 0 aliphatic rings. The largest absolute Gasteiger partial charge is 0.357 e. The second kappa shape index (κ2) is 6.29. The SMILES string of the molecule is Cc1ccc(NC(=S)NCc2ccccn2)c(C)c1. The van der Waals surface area contributed by atoms with Gasteiger partial charge >= 0.3 is 0 Å². The molecule has 0 spiro atoms. The molecule has 0 saturated heterocycles. The highest BCUT2D eigenvalue weighted by Crippen LogP contribution is 2.15. The Labute approximate surface area is 119 Å². The van der Waals surface area contributed by atoms with Gasteiger partial charge in [-0.2, -0.15) is 0 Å². The van der Waals surface area contributed by atoms with Gasteiger partial charge in [0.2, 0.25) is 0 Å². The summed E-state index contributed by atoms with van der Waals surface area (Å²) in [6, 6.07) is 12.1. The number of aromatic nitrogens is 1. The van der Waals surface area contributed by atoms with Gasteiger partial charge in [0.25, 0.3) is 0 Å². The number of pyridine rings is 1. The standard InChI is InChI=1S/C15H17N3S/c1-11-6-7-14(12(2)9-11)18-15(19)17-10-13-5-3-4-8-16-13/h3-9H,10H2,1-2H3,(H2,17,18,19). The maximum Gasteiger partial charge on any atom is 0.171 e. The van der Waals surface area contributed by atoms with Gasteiger partial charge in [0, 0.05) is 11.9 Å². The van der Waals surface area contributed by atoms with Gasteiger partial charge in [-0.3, -0.25) is 4.98 Å². The summed E-state index contributed by atoms with van der Waals surface area (Å²) in [5.74, 6) is 0. The van der Waals surface area contributed by atoms with Crippen LogP contribution in [-0.2, 0) is 6.54 Å². The van der Waals surface area contributed by atoms with Gasteiger partial charge in [0.1, 0.15) is 0 Å². The molecule has 0 unspecified atom stereocenters. The minimum absolute atomic E-state index is 0.609. The molecule has 2 N–H and O–H groups in total. The fourth-order valence-corrected chi connectivity index (χ4v) is 1.98.